The fraction of sp³-hybridized carbons (Fsp3) is 0.318. The van der Waals surface area contributed by atoms with E-state index in [1.54, 1.807) is 12.2 Å². The van der Waals surface area contributed by atoms with Gasteiger partial charge in [0, 0.05) is 43.4 Å². The summed E-state index contributed by atoms with van der Waals surface area (Å²) in [6.07, 6.45) is 3.35. The number of amides is 1. The third-order valence-corrected chi connectivity index (χ3v) is 5.42. The third kappa shape index (κ3) is 4.19. The van der Waals surface area contributed by atoms with E-state index in [-0.39, 0.29) is 23.8 Å². The van der Waals surface area contributed by atoms with Gasteiger partial charge in [0.05, 0.1) is 0 Å². The minimum atomic E-state index is -0.227. The number of carbonyl (C=O) groups is 1. The summed E-state index contributed by atoms with van der Waals surface area (Å²) in [5.41, 5.74) is 3.17. The molecular weight excluding hydrogens is 371 g/mol. The molecule has 6 nitrogen and oxygen atoms in total. The largest absolute Gasteiger partial charge is 0.334 e. The smallest absolute Gasteiger partial charge is 0.246 e. The number of halogens is 1. The van der Waals surface area contributed by atoms with Gasteiger partial charge in [-0.15, -0.1) is 0 Å². The van der Waals surface area contributed by atoms with Crippen LogP contribution in [0, 0.1) is 5.82 Å². The molecule has 0 saturated carbocycles. The van der Waals surface area contributed by atoms with Gasteiger partial charge in [-0.2, -0.15) is 0 Å². The van der Waals surface area contributed by atoms with E-state index in [2.05, 4.69) is 29.1 Å². The number of benzene rings is 2. The molecule has 1 fully saturated rings. The lowest BCUT2D eigenvalue weighted by Gasteiger charge is -2.43. The van der Waals surface area contributed by atoms with Crippen LogP contribution in [0.1, 0.15) is 25.0 Å². The standard InChI is InChI=1S/C22H23FN4O2/c1-15-13-27(16(2)12-26(15)14-17-6-9-19(23)10-7-17)21(28)11-8-18-4-3-5-20-22(18)25-29-24-20/h3-11,15-16H,12-14H2,1-2H3/t15-,16+/m1/s1. The second kappa shape index (κ2) is 8.13. The van der Waals surface area contributed by atoms with E-state index in [0.717, 1.165) is 24.2 Å². The Morgan fingerprint density at radius 1 is 1.14 bits per heavy atom. The van der Waals surface area contributed by atoms with E-state index in [1.807, 2.05) is 35.2 Å². The van der Waals surface area contributed by atoms with Crippen LogP contribution in [0.3, 0.4) is 0 Å². The quantitative estimate of drug-likeness (QED) is 0.634. The Hall–Kier alpha value is -3.06. The first-order valence-electron chi connectivity index (χ1n) is 9.69. The van der Waals surface area contributed by atoms with Crippen molar-refractivity contribution in [3.63, 3.8) is 0 Å². The van der Waals surface area contributed by atoms with Crippen molar-refractivity contribution in [2.75, 3.05) is 13.1 Å². The van der Waals surface area contributed by atoms with Crippen LogP contribution in [0.15, 0.2) is 53.2 Å². The first kappa shape index (κ1) is 19.3. The van der Waals surface area contributed by atoms with E-state index in [4.69, 9.17) is 4.63 Å². The molecule has 1 aliphatic rings. The van der Waals surface area contributed by atoms with Crippen LogP contribution in [0.2, 0.25) is 0 Å². The molecule has 0 aliphatic carbocycles. The normalized spacial score (nSPS) is 20.6. The number of aromatic nitrogens is 2. The highest BCUT2D eigenvalue weighted by atomic mass is 19.1. The van der Waals surface area contributed by atoms with Crippen molar-refractivity contribution in [3.05, 3.63) is 65.5 Å². The molecule has 2 atom stereocenters. The molecule has 150 valence electrons. The zero-order valence-electron chi connectivity index (χ0n) is 16.5. The van der Waals surface area contributed by atoms with Gasteiger partial charge >= 0.3 is 0 Å². The summed E-state index contributed by atoms with van der Waals surface area (Å²) in [6.45, 7) is 6.31. The minimum Gasteiger partial charge on any atom is -0.334 e. The molecule has 4 rings (SSSR count). The van der Waals surface area contributed by atoms with E-state index < -0.39 is 0 Å². The van der Waals surface area contributed by atoms with E-state index >= 15 is 0 Å². The molecule has 2 heterocycles. The number of piperazine rings is 1. The Bertz CT molecular complexity index is 1030. The van der Waals surface area contributed by atoms with E-state index in [9.17, 15) is 9.18 Å². The van der Waals surface area contributed by atoms with Crippen LogP contribution in [0.25, 0.3) is 17.1 Å². The summed E-state index contributed by atoms with van der Waals surface area (Å²) in [6, 6.07) is 12.4. The highest BCUT2D eigenvalue weighted by Gasteiger charge is 2.31. The Kier molecular flexibility index (Phi) is 5.40. The van der Waals surface area contributed by atoms with Crippen molar-refractivity contribution in [1.29, 1.82) is 0 Å². The SMILES string of the molecule is C[C@@H]1CN(C(=O)C=Cc2cccc3nonc23)[C@@H](C)CN1Cc1ccc(F)cc1. The van der Waals surface area contributed by atoms with Gasteiger partial charge in [-0.25, -0.2) is 9.02 Å². The van der Waals surface area contributed by atoms with Crippen LogP contribution in [-0.2, 0) is 11.3 Å². The fourth-order valence-electron chi connectivity index (χ4n) is 3.77. The monoisotopic (exact) mass is 394 g/mol. The molecule has 0 N–H and O–H groups in total. The van der Waals surface area contributed by atoms with Gasteiger partial charge in [0.2, 0.25) is 5.91 Å². The predicted molar refractivity (Wildman–Crippen MR) is 108 cm³/mol. The molecule has 7 heteroatoms. The maximum atomic E-state index is 13.1. The van der Waals surface area contributed by atoms with Gasteiger partial charge < -0.3 is 4.90 Å². The van der Waals surface area contributed by atoms with Crippen molar-refractivity contribution in [3.8, 4) is 0 Å². The summed E-state index contributed by atoms with van der Waals surface area (Å²) >= 11 is 0. The zero-order chi connectivity index (χ0) is 20.4. The number of nitrogens with zero attached hydrogens (tertiary/aromatic N) is 4. The first-order valence-corrected chi connectivity index (χ1v) is 9.69. The number of hydrogen-bond acceptors (Lipinski definition) is 5. The minimum absolute atomic E-state index is 0.0285. The summed E-state index contributed by atoms with van der Waals surface area (Å²) in [5, 5.41) is 7.72. The van der Waals surface area contributed by atoms with E-state index in [0.29, 0.717) is 17.6 Å². The molecular formula is C22H23FN4O2. The molecule has 1 aliphatic heterocycles. The second-order valence-electron chi connectivity index (χ2n) is 7.56. The van der Waals surface area contributed by atoms with Crippen LogP contribution in [0.5, 0.6) is 0 Å². The highest BCUT2D eigenvalue weighted by Crippen LogP contribution is 2.20. The Balaban J connectivity index is 1.42. The molecule has 0 unspecified atom stereocenters. The zero-order valence-corrected chi connectivity index (χ0v) is 16.5. The van der Waals surface area contributed by atoms with Crippen molar-refractivity contribution >= 4 is 23.0 Å². The number of fused-ring (bicyclic) bond motifs is 1. The molecule has 0 radical (unpaired) electrons. The first-order chi connectivity index (χ1) is 14.0. The van der Waals surface area contributed by atoms with E-state index in [1.165, 1.54) is 12.1 Å². The summed E-state index contributed by atoms with van der Waals surface area (Å²) in [7, 11) is 0. The summed E-state index contributed by atoms with van der Waals surface area (Å²) in [4.78, 5) is 17.0. The average molecular weight is 394 g/mol. The van der Waals surface area contributed by atoms with Gasteiger partial charge in [0.25, 0.3) is 0 Å². The van der Waals surface area contributed by atoms with Crippen molar-refractivity contribution in [2.45, 2.75) is 32.5 Å². The third-order valence-electron chi connectivity index (χ3n) is 5.42. The maximum absolute atomic E-state index is 13.1. The Morgan fingerprint density at radius 2 is 1.93 bits per heavy atom. The van der Waals surface area contributed by atoms with Crippen LogP contribution < -0.4 is 0 Å². The molecule has 1 amide bonds. The average Bonchev–Trinajstić information content (AvgIpc) is 3.20. The van der Waals surface area contributed by atoms with Crippen molar-refractivity contribution in [1.82, 2.24) is 20.1 Å². The number of carbonyl (C=O) groups excluding carboxylic acids is 1. The summed E-state index contributed by atoms with van der Waals surface area (Å²) in [5.74, 6) is -0.256. The lowest BCUT2D eigenvalue weighted by atomic mass is 10.1. The van der Waals surface area contributed by atoms with Crippen molar-refractivity contribution < 1.29 is 13.8 Å². The van der Waals surface area contributed by atoms with Gasteiger partial charge in [-0.05, 0) is 54.0 Å². The number of hydrogen-bond donors (Lipinski definition) is 0. The van der Waals surface area contributed by atoms with Crippen LogP contribution in [-0.4, -0.2) is 51.2 Å². The fourth-order valence-corrected chi connectivity index (χ4v) is 3.77. The van der Waals surface area contributed by atoms with Gasteiger partial charge in [-0.3, -0.25) is 9.69 Å². The van der Waals surface area contributed by atoms with Crippen molar-refractivity contribution in [2.24, 2.45) is 0 Å². The molecule has 1 saturated heterocycles. The van der Waals surface area contributed by atoms with Gasteiger partial charge in [0.1, 0.15) is 16.9 Å². The molecule has 29 heavy (non-hydrogen) atoms. The Labute approximate surface area is 168 Å². The lowest BCUT2D eigenvalue weighted by molar-refractivity contribution is -0.131. The van der Waals surface area contributed by atoms with Crippen LogP contribution in [0.4, 0.5) is 4.39 Å². The highest BCUT2D eigenvalue weighted by molar-refractivity contribution is 5.94. The number of rotatable bonds is 4. The molecule has 1 aromatic heterocycles. The molecule has 0 bridgehead atoms. The molecule has 3 aromatic rings. The van der Waals surface area contributed by atoms with Gasteiger partial charge in [-0.1, -0.05) is 24.3 Å². The molecule has 2 aromatic carbocycles. The van der Waals surface area contributed by atoms with Gasteiger partial charge in [0.15, 0.2) is 0 Å². The lowest BCUT2D eigenvalue weighted by Crippen LogP contribution is -2.57. The second-order valence-corrected chi connectivity index (χ2v) is 7.56. The molecule has 0 spiro atoms. The Morgan fingerprint density at radius 3 is 2.72 bits per heavy atom. The topological polar surface area (TPSA) is 62.5 Å². The maximum Gasteiger partial charge on any atom is 0.246 e. The predicted octanol–water partition coefficient (Wildman–Crippen LogP) is 3.50. The summed E-state index contributed by atoms with van der Waals surface area (Å²) < 4.78 is 17.9. The van der Waals surface area contributed by atoms with Crippen LogP contribution >= 0.6 is 0 Å².